The second-order valence-corrected chi connectivity index (χ2v) is 6.98. The minimum absolute atomic E-state index is 0.112. The van der Waals surface area contributed by atoms with E-state index in [-0.39, 0.29) is 6.61 Å². The van der Waals surface area contributed by atoms with Crippen molar-refractivity contribution in [3.63, 3.8) is 0 Å². The first-order chi connectivity index (χ1) is 12.5. The van der Waals surface area contributed by atoms with Gasteiger partial charge in [0.1, 0.15) is 5.75 Å². The van der Waals surface area contributed by atoms with Gasteiger partial charge in [-0.15, -0.1) is 0 Å². The van der Waals surface area contributed by atoms with E-state index in [1.165, 1.54) is 0 Å². The Kier molecular flexibility index (Phi) is 7.72. The average Bonchev–Trinajstić information content (AvgIpc) is 2.61. The molecule has 3 N–H and O–H groups in total. The largest absolute Gasteiger partial charge is 0.484 e. The van der Waals surface area contributed by atoms with E-state index in [0.29, 0.717) is 18.2 Å². The topological polar surface area (TPSA) is 83.2 Å². The summed E-state index contributed by atoms with van der Waals surface area (Å²) in [4.78, 5) is 20.0. The van der Waals surface area contributed by atoms with Gasteiger partial charge in [0, 0.05) is 46.3 Å². The molecule has 1 aliphatic heterocycles. The van der Waals surface area contributed by atoms with E-state index in [4.69, 9.17) is 10.5 Å². The summed E-state index contributed by atoms with van der Waals surface area (Å²) in [5, 5.41) is 3.41. The van der Waals surface area contributed by atoms with Crippen LogP contribution in [0.5, 0.6) is 5.75 Å². The second-order valence-electron chi connectivity index (χ2n) is 6.98. The average molecular weight is 361 g/mol. The van der Waals surface area contributed by atoms with Gasteiger partial charge in [0.25, 0.3) is 5.91 Å². The number of hydrogen-bond acceptors (Lipinski definition) is 4. The van der Waals surface area contributed by atoms with Crippen molar-refractivity contribution in [1.29, 1.82) is 0 Å². The van der Waals surface area contributed by atoms with Gasteiger partial charge in [-0.1, -0.05) is 26.0 Å². The lowest BCUT2D eigenvalue weighted by Crippen LogP contribution is -2.52. The van der Waals surface area contributed by atoms with E-state index < -0.39 is 5.91 Å². The maximum atomic E-state index is 10.8. The van der Waals surface area contributed by atoms with Crippen LogP contribution < -0.4 is 15.8 Å². The molecule has 0 aromatic heterocycles. The van der Waals surface area contributed by atoms with Crippen LogP contribution in [0.3, 0.4) is 0 Å². The molecule has 26 heavy (non-hydrogen) atoms. The third kappa shape index (κ3) is 6.55. The highest BCUT2D eigenvalue weighted by Gasteiger charge is 2.19. The number of nitrogens with one attached hydrogen (secondary N) is 1. The van der Waals surface area contributed by atoms with Crippen LogP contribution in [0.1, 0.15) is 19.4 Å². The molecule has 0 atom stereocenters. The van der Waals surface area contributed by atoms with E-state index >= 15 is 0 Å². The number of amides is 1. The normalized spacial score (nSPS) is 16.0. The Labute approximate surface area is 156 Å². The Morgan fingerprint density at radius 1 is 1.31 bits per heavy atom. The van der Waals surface area contributed by atoms with Crippen molar-refractivity contribution < 1.29 is 9.53 Å². The molecular weight excluding hydrogens is 330 g/mol. The van der Waals surface area contributed by atoms with Crippen LogP contribution in [0.2, 0.25) is 0 Å². The second kappa shape index (κ2) is 10.0. The Morgan fingerprint density at radius 3 is 2.65 bits per heavy atom. The fraction of sp³-hybridized carbons (Fsp3) is 0.579. The number of carbonyl (C=O) groups is 1. The number of nitrogens with zero attached hydrogens (tertiary/aromatic N) is 3. The molecule has 0 unspecified atom stereocenters. The van der Waals surface area contributed by atoms with Gasteiger partial charge in [-0.25, -0.2) is 0 Å². The van der Waals surface area contributed by atoms with Crippen LogP contribution in [0.25, 0.3) is 0 Å². The van der Waals surface area contributed by atoms with Gasteiger partial charge in [0.2, 0.25) is 0 Å². The van der Waals surface area contributed by atoms with Gasteiger partial charge >= 0.3 is 0 Å². The van der Waals surface area contributed by atoms with Gasteiger partial charge in [-0.05, 0) is 23.6 Å². The smallest absolute Gasteiger partial charge is 0.255 e. The fourth-order valence-corrected chi connectivity index (χ4v) is 3.07. The SMILES string of the molecule is CN=C(NCc1cccc(OCC(N)=O)c1)N1CCN(CC(C)C)CC1. The van der Waals surface area contributed by atoms with Crippen molar-refractivity contribution >= 4 is 11.9 Å². The van der Waals surface area contributed by atoms with E-state index in [9.17, 15) is 4.79 Å². The summed E-state index contributed by atoms with van der Waals surface area (Å²) in [7, 11) is 1.81. The molecule has 1 heterocycles. The fourth-order valence-electron chi connectivity index (χ4n) is 3.07. The lowest BCUT2D eigenvalue weighted by atomic mass is 10.2. The molecule has 2 rings (SSSR count). The minimum atomic E-state index is -0.481. The predicted octanol–water partition coefficient (Wildman–Crippen LogP) is 0.900. The number of carbonyl (C=O) groups excluding carboxylic acids is 1. The number of piperazine rings is 1. The number of guanidine groups is 1. The number of ether oxygens (including phenoxy) is 1. The third-order valence-electron chi connectivity index (χ3n) is 4.24. The van der Waals surface area contributed by atoms with Crippen LogP contribution in [0.4, 0.5) is 0 Å². The van der Waals surface area contributed by atoms with E-state index in [2.05, 4.69) is 34.0 Å². The van der Waals surface area contributed by atoms with E-state index in [1.54, 1.807) is 0 Å². The van der Waals surface area contributed by atoms with Crippen LogP contribution in [0, 0.1) is 5.92 Å². The van der Waals surface area contributed by atoms with Crippen molar-refractivity contribution in [1.82, 2.24) is 15.1 Å². The molecule has 7 nitrogen and oxygen atoms in total. The highest BCUT2D eigenvalue weighted by atomic mass is 16.5. The molecule has 1 aromatic rings. The molecule has 0 saturated carbocycles. The molecule has 1 saturated heterocycles. The molecule has 0 spiro atoms. The summed E-state index contributed by atoms with van der Waals surface area (Å²) in [6.45, 7) is 10.3. The summed E-state index contributed by atoms with van der Waals surface area (Å²) in [5.41, 5.74) is 6.17. The van der Waals surface area contributed by atoms with Crippen molar-refractivity contribution in [3.8, 4) is 5.75 Å². The first kappa shape index (κ1) is 20.0. The molecule has 0 bridgehead atoms. The summed E-state index contributed by atoms with van der Waals surface area (Å²) in [6.07, 6.45) is 0. The molecule has 1 aromatic carbocycles. The maximum Gasteiger partial charge on any atom is 0.255 e. The molecule has 7 heteroatoms. The third-order valence-corrected chi connectivity index (χ3v) is 4.24. The zero-order chi connectivity index (χ0) is 18.9. The highest BCUT2D eigenvalue weighted by molar-refractivity contribution is 5.80. The summed E-state index contributed by atoms with van der Waals surface area (Å²) < 4.78 is 5.35. The van der Waals surface area contributed by atoms with Crippen molar-refractivity contribution in [2.45, 2.75) is 20.4 Å². The van der Waals surface area contributed by atoms with Gasteiger partial charge in [0.15, 0.2) is 12.6 Å². The van der Waals surface area contributed by atoms with Gasteiger partial charge in [-0.3, -0.25) is 14.7 Å². The highest BCUT2D eigenvalue weighted by Crippen LogP contribution is 2.13. The number of primary amides is 1. The lowest BCUT2D eigenvalue weighted by Gasteiger charge is -2.37. The van der Waals surface area contributed by atoms with Crippen LogP contribution >= 0.6 is 0 Å². The van der Waals surface area contributed by atoms with Gasteiger partial charge in [-0.2, -0.15) is 0 Å². The van der Waals surface area contributed by atoms with Crippen LogP contribution in [-0.2, 0) is 11.3 Å². The zero-order valence-corrected chi connectivity index (χ0v) is 16.1. The summed E-state index contributed by atoms with van der Waals surface area (Å²) in [5.74, 6) is 1.77. The van der Waals surface area contributed by atoms with Crippen LogP contribution in [-0.4, -0.2) is 68.0 Å². The lowest BCUT2D eigenvalue weighted by molar-refractivity contribution is -0.119. The Hall–Kier alpha value is -2.28. The summed E-state index contributed by atoms with van der Waals surface area (Å²) in [6, 6.07) is 7.64. The van der Waals surface area contributed by atoms with Gasteiger partial charge < -0.3 is 20.7 Å². The monoisotopic (exact) mass is 361 g/mol. The molecule has 1 fully saturated rings. The molecule has 144 valence electrons. The number of hydrogen-bond donors (Lipinski definition) is 2. The number of nitrogens with two attached hydrogens (primary N) is 1. The molecule has 1 aliphatic rings. The van der Waals surface area contributed by atoms with Gasteiger partial charge in [0.05, 0.1) is 0 Å². The molecular formula is C19H31N5O2. The first-order valence-electron chi connectivity index (χ1n) is 9.16. The van der Waals surface area contributed by atoms with Crippen LogP contribution in [0.15, 0.2) is 29.3 Å². The Morgan fingerprint density at radius 2 is 2.04 bits per heavy atom. The Balaban J connectivity index is 1.84. The molecule has 0 aliphatic carbocycles. The van der Waals surface area contributed by atoms with E-state index in [0.717, 1.165) is 44.2 Å². The standard InChI is InChI=1S/C19H31N5O2/c1-15(2)13-23-7-9-24(10-8-23)19(21-3)22-12-16-5-4-6-17(11-16)26-14-18(20)25/h4-6,11,15H,7-10,12-14H2,1-3H3,(H2,20,25)(H,21,22). The quantitative estimate of drug-likeness (QED) is 0.557. The predicted molar refractivity (Wildman–Crippen MR) is 104 cm³/mol. The molecule has 0 radical (unpaired) electrons. The number of benzene rings is 1. The van der Waals surface area contributed by atoms with Crippen molar-refractivity contribution in [3.05, 3.63) is 29.8 Å². The summed E-state index contributed by atoms with van der Waals surface area (Å²) >= 11 is 0. The van der Waals surface area contributed by atoms with Crippen molar-refractivity contribution in [2.75, 3.05) is 46.4 Å². The minimum Gasteiger partial charge on any atom is -0.484 e. The maximum absolute atomic E-state index is 10.8. The number of rotatable bonds is 7. The molecule has 1 amide bonds. The van der Waals surface area contributed by atoms with Crippen molar-refractivity contribution in [2.24, 2.45) is 16.6 Å². The first-order valence-corrected chi connectivity index (χ1v) is 9.16. The number of aliphatic imine (C=N–C) groups is 1. The Bertz CT molecular complexity index is 610. The van der Waals surface area contributed by atoms with E-state index in [1.807, 2.05) is 31.3 Å². The zero-order valence-electron chi connectivity index (χ0n) is 16.1.